The molecule has 4 nitrogen and oxygen atoms in total. The topological polar surface area (TPSA) is 49.5 Å². The number of aromatic nitrogens is 1. The second kappa shape index (κ2) is 6.20. The first-order chi connectivity index (χ1) is 9.85. The molecule has 0 atom stereocenters. The number of nitrogens with zero attached hydrogens (tertiary/aromatic N) is 2. The summed E-state index contributed by atoms with van der Waals surface area (Å²) in [6, 6.07) is 9.96. The van der Waals surface area contributed by atoms with Crippen LogP contribution in [0.2, 0.25) is 0 Å². The van der Waals surface area contributed by atoms with Crippen LogP contribution in [0.3, 0.4) is 0 Å². The molecule has 0 unspecified atom stereocenters. The molecule has 0 aliphatic carbocycles. The standard InChI is InChI=1S/C16H20N2O2/c19-11-13-6-8-18(9-7-13)10-15-12-20-16(17-15)14-4-2-1-3-5-14/h1-5,12-13,19H,6-11H2. The number of rotatable bonds is 4. The average Bonchev–Trinajstić information content (AvgIpc) is 2.97. The van der Waals surface area contributed by atoms with Crippen molar-refractivity contribution < 1.29 is 9.52 Å². The monoisotopic (exact) mass is 272 g/mol. The van der Waals surface area contributed by atoms with Crippen LogP contribution < -0.4 is 0 Å². The van der Waals surface area contributed by atoms with Crippen molar-refractivity contribution in [2.24, 2.45) is 5.92 Å². The molecule has 1 aromatic heterocycles. The Morgan fingerprint density at radius 3 is 2.65 bits per heavy atom. The molecular weight excluding hydrogens is 252 g/mol. The Bertz CT molecular complexity index is 530. The fourth-order valence-corrected chi connectivity index (χ4v) is 2.65. The van der Waals surface area contributed by atoms with Crippen molar-refractivity contribution in [1.29, 1.82) is 0 Å². The Morgan fingerprint density at radius 2 is 1.95 bits per heavy atom. The summed E-state index contributed by atoms with van der Waals surface area (Å²) in [7, 11) is 0. The molecule has 3 rings (SSSR count). The highest BCUT2D eigenvalue weighted by atomic mass is 16.3. The summed E-state index contributed by atoms with van der Waals surface area (Å²) in [5, 5.41) is 9.15. The van der Waals surface area contributed by atoms with E-state index in [-0.39, 0.29) is 0 Å². The van der Waals surface area contributed by atoms with E-state index in [2.05, 4.69) is 9.88 Å². The van der Waals surface area contributed by atoms with Gasteiger partial charge in [0.25, 0.3) is 0 Å². The van der Waals surface area contributed by atoms with E-state index in [9.17, 15) is 0 Å². The number of hydrogen-bond donors (Lipinski definition) is 1. The minimum absolute atomic E-state index is 0.315. The lowest BCUT2D eigenvalue weighted by atomic mass is 9.98. The number of oxazole rings is 1. The van der Waals surface area contributed by atoms with Crippen LogP contribution in [0.4, 0.5) is 0 Å². The van der Waals surface area contributed by atoms with E-state index in [4.69, 9.17) is 9.52 Å². The van der Waals surface area contributed by atoms with Gasteiger partial charge in [0.05, 0.1) is 5.69 Å². The highest BCUT2D eigenvalue weighted by molar-refractivity contribution is 5.52. The van der Waals surface area contributed by atoms with Crippen molar-refractivity contribution in [3.63, 3.8) is 0 Å². The van der Waals surface area contributed by atoms with E-state index in [0.717, 1.165) is 43.7 Å². The van der Waals surface area contributed by atoms with Crippen LogP contribution in [-0.2, 0) is 6.54 Å². The fraction of sp³-hybridized carbons (Fsp3) is 0.438. The zero-order valence-electron chi connectivity index (χ0n) is 11.5. The summed E-state index contributed by atoms with van der Waals surface area (Å²) >= 11 is 0. The second-order valence-electron chi connectivity index (χ2n) is 5.41. The Labute approximate surface area is 119 Å². The van der Waals surface area contributed by atoms with Crippen molar-refractivity contribution in [1.82, 2.24) is 9.88 Å². The van der Waals surface area contributed by atoms with Crippen molar-refractivity contribution >= 4 is 0 Å². The van der Waals surface area contributed by atoms with Gasteiger partial charge < -0.3 is 9.52 Å². The molecule has 1 aromatic carbocycles. The highest BCUT2D eigenvalue weighted by Gasteiger charge is 2.19. The minimum Gasteiger partial charge on any atom is -0.444 e. The third-order valence-corrected chi connectivity index (χ3v) is 3.92. The summed E-state index contributed by atoms with van der Waals surface area (Å²) in [4.78, 5) is 6.93. The lowest BCUT2D eigenvalue weighted by molar-refractivity contribution is 0.126. The third-order valence-electron chi connectivity index (χ3n) is 3.92. The Kier molecular flexibility index (Phi) is 4.14. The fourth-order valence-electron chi connectivity index (χ4n) is 2.65. The second-order valence-corrected chi connectivity index (χ2v) is 5.41. The van der Waals surface area contributed by atoms with Gasteiger partial charge >= 0.3 is 0 Å². The molecule has 20 heavy (non-hydrogen) atoms. The van der Waals surface area contributed by atoms with Crippen LogP contribution >= 0.6 is 0 Å². The molecular formula is C16H20N2O2. The van der Waals surface area contributed by atoms with Gasteiger partial charge in [0.2, 0.25) is 5.89 Å². The molecule has 106 valence electrons. The van der Waals surface area contributed by atoms with E-state index in [0.29, 0.717) is 18.4 Å². The Morgan fingerprint density at radius 1 is 1.20 bits per heavy atom. The van der Waals surface area contributed by atoms with E-state index in [1.807, 2.05) is 30.3 Å². The number of likely N-dealkylation sites (tertiary alicyclic amines) is 1. The zero-order chi connectivity index (χ0) is 13.8. The molecule has 1 N–H and O–H groups in total. The maximum Gasteiger partial charge on any atom is 0.226 e. The summed E-state index contributed by atoms with van der Waals surface area (Å²) < 4.78 is 5.56. The van der Waals surface area contributed by atoms with E-state index in [1.165, 1.54) is 0 Å². The van der Waals surface area contributed by atoms with Gasteiger partial charge in [0.15, 0.2) is 0 Å². The number of aliphatic hydroxyl groups is 1. The van der Waals surface area contributed by atoms with Gasteiger partial charge in [-0.2, -0.15) is 0 Å². The third kappa shape index (κ3) is 3.08. The lowest BCUT2D eigenvalue weighted by Crippen LogP contribution is -2.34. The largest absolute Gasteiger partial charge is 0.444 e. The summed E-state index contributed by atoms with van der Waals surface area (Å²) in [6.45, 7) is 3.20. The smallest absolute Gasteiger partial charge is 0.226 e. The molecule has 1 fully saturated rings. The number of aliphatic hydroxyl groups excluding tert-OH is 1. The molecule has 0 amide bonds. The lowest BCUT2D eigenvalue weighted by Gasteiger charge is -2.30. The van der Waals surface area contributed by atoms with Gasteiger partial charge in [-0.05, 0) is 44.0 Å². The number of benzene rings is 1. The molecule has 0 bridgehead atoms. The van der Waals surface area contributed by atoms with Gasteiger partial charge in [-0.3, -0.25) is 4.90 Å². The van der Waals surface area contributed by atoms with Gasteiger partial charge in [0, 0.05) is 18.7 Å². The maximum atomic E-state index is 9.15. The van der Waals surface area contributed by atoms with Gasteiger partial charge in [0.1, 0.15) is 6.26 Å². The van der Waals surface area contributed by atoms with Crippen LogP contribution in [0, 0.1) is 5.92 Å². The molecule has 1 saturated heterocycles. The van der Waals surface area contributed by atoms with Crippen LogP contribution in [0.5, 0.6) is 0 Å². The summed E-state index contributed by atoms with van der Waals surface area (Å²) in [5.41, 5.74) is 1.99. The van der Waals surface area contributed by atoms with Crippen LogP contribution in [-0.4, -0.2) is 34.7 Å². The van der Waals surface area contributed by atoms with Crippen molar-refractivity contribution in [3.8, 4) is 11.5 Å². The first-order valence-corrected chi connectivity index (χ1v) is 7.18. The molecule has 1 aliphatic heterocycles. The molecule has 0 saturated carbocycles. The molecule has 2 heterocycles. The molecule has 2 aromatic rings. The van der Waals surface area contributed by atoms with Crippen molar-refractivity contribution in [3.05, 3.63) is 42.3 Å². The molecule has 0 radical (unpaired) electrons. The van der Waals surface area contributed by atoms with Crippen molar-refractivity contribution in [2.45, 2.75) is 19.4 Å². The van der Waals surface area contributed by atoms with E-state index in [1.54, 1.807) is 6.26 Å². The quantitative estimate of drug-likeness (QED) is 0.929. The first-order valence-electron chi connectivity index (χ1n) is 7.18. The summed E-state index contributed by atoms with van der Waals surface area (Å²) in [5.74, 6) is 1.16. The summed E-state index contributed by atoms with van der Waals surface area (Å²) in [6.07, 6.45) is 3.89. The molecule has 4 heteroatoms. The molecule has 1 aliphatic rings. The average molecular weight is 272 g/mol. The highest BCUT2D eigenvalue weighted by Crippen LogP contribution is 2.21. The first kappa shape index (κ1) is 13.3. The Hall–Kier alpha value is -1.65. The van der Waals surface area contributed by atoms with Crippen LogP contribution in [0.25, 0.3) is 11.5 Å². The predicted octanol–water partition coefficient (Wildman–Crippen LogP) is 2.55. The predicted molar refractivity (Wildman–Crippen MR) is 77.0 cm³/mol. The number of hydrogen-bond acceptors (Lipinski definition) is 4. The van der Waals surface area contributed by atoms with E-state index >= 15 is 0 Å². The normalized spacial score (nSPS) is 17.4. The maximum absolute atomic E-state index is 9.15. The van der Waals surface area contributed by atoms with Crippen LogP contribution in [0.15, 0.2) is 41.0 Å². The van der Waals surface area contributed by atoms with Gasteiger partial charge in [-0.25, -0.2) is 4.98 Å². The zero-order valence-corrected chi connectivity index (χ0v) is 11.5. The van der Waals surface area contributed by atoms with Crippen LogP contribution in [0.1, 0.15) is 18.5 Å². The van der Waals surface area contributed by atoms with Gasteiger partial charge in [-0.15, -0.1) is 0 Å². The SMILES string of the molecule is OCC1CCN(Cc2coc(-c3ccccc3)n2)CC1. The number of piperidine rings is 1. The molecule has 0 spiro atoms. The van der Waals surface area contributed by atoms with Gasteiger partial charge in [-0.1, -0.05) is 18.2 Å². The minimum atomic E-state index is 0.315. The van der Waals surface area contributed by atoms with Crippen molar-refractivity contribution in [2.75, 3.05) is 19.7 Å². The Balaban J connectivity index is 1.61. The van der Waals surface area contributed by atoms with E-state index < -0.39 is 0 Å².